The minimum Gasteiger partial charge on any atom is -0.473 e. The fourth-order valence-corrected chi connectivity index (χ4v) is 2.44. The molecule has 1 N–H and O–H groups in total. The molecule has 1 aromatic heterocycles. The van der Waals surface area contributed by atoms with Gasteiger partial charge in [-0.25, -0.2) is 4.98 Å². The van der Waals surface area contributed by atoms with Gasteiger partial charge in [0.2, 0.25) is 5.88 Å². The molecular weight excluding hydrogens is 260 g/mol. The Bertz CT molecular complexity index is 608. The van der Waals surface area contributed by atoms with E-state index in [1.807, 2.05) is 26.0 Å². The lowest BCUT2D eigenvalue weighted by atomic mass is 10.0. The number of pyridine rings is 1. The first-order chi connectivity index (χ1) is 9.97. The molecule has 0 radical (unpaired) electrons. The van der Waals surface area contributed by atoms with E-state index in [1.54, 1.807) is 6.20 Å². The van der Waals surface area contributed by atoms with E-state index in [4.69, 9.17) is 4.74 Å². The Kier molecular flexibility index (Phi) is 4.84. The molecular formula is C18H24N2O. The molecule has 0 aliphatic carbocycles. The quantitative estimate of drug-likeness (QED) is 0.867. The van der Waals surface area contributed by atoms with Gasteiger partial charge in [-0.15, -0.1) is 0 Å². The second kappa shape index (κ2) is 6.61. The monoisotopic (exact) mass is 284 g/mol. The number of aryl methyl sites for hydroxylation is 2. The predicted molar refractivity (Wildman–Crippen MR) is 88.0 cm³/mol. The van der Waals surface area contributed by atoms with Crippen molar-refractivity contribution in [2.75, 3.05) is 5.32 Å². The average molecular weight is 284 g/mol. The van der Waals surface area contributed by atoms with Crippen molar-refractivity contribution in [3.63, 3.8) is 0 Å². The SMILES string of the molecule is Cc1ccc(C(C)Nc2cccnc2OC(C)C)c(C)c1. The van der Waals surface area contributed by atoms with Gasteiger partial charge in [-0.05, 0) is 57.9 Å². The maximum absolute atomic E-state index is 5.76. The third-order valence-corrected chi connectivity index (χ3v) is 3.38. The zero-order valence-corrected chi connectivity index (χ0v) is 13.5. The van der Waals surface area contributed by atoms with Gasteiger partial charge >= 0.3 is 0 Å². The number of rotatable bonds is 5. The summed E-state index contributed by atoms with van der Waals surface area (Å²) in [6.07, 6.45) is 1.86. The molecule has 1 atom stereocenters. The summed E-state index contributed by atoms with van der Waals surface area (Å²) in [4.78, 5) is 4.32. The Morgan fingerprint density at radius 3 is 2.52 bits per heavy atom. The highest BCUT2D eigenvalue weighted by Crippen LogP contribution is 2.28. The zero-order valence-electron chi connectivity index (χ0n) is 13.5. The van der Waals surface area contributed by atoms with Crippen molar-refractivity contribution in [1.29, 1.82) is 0 Å². The fraction of sp³-hybridized carbons (Fsp3) is 0.389. The van der Waals surface area contributed by atoms with E-state index in [9.17, 15) is 0 Å². The summed E-state index contributed by atoms with van der Waals surface area (Å²) in [5.74, 6) is 0.657. The van der Waals surface area contributed by atoms with Crippen LogP contribution in [0.1, 0.15) is 43.5 Å². The lowest BCUT2D eigenvalue weighted by Gasteiger charge is -2.20. The standard InChI is InChI=1S/C18H24N2O/c1-12(2)21-18-17(7-6-10-19-18)20-15(5)16-9-8-13(3)11-14(16)4/h6-12,15,20H,1-5H3. The molecule has 1 heterocycles. The molecule has 0 saturated carbocycles. The maximum atomic E-state index is 5.76. The maximum Gasteiger partial charge on any atom is 0.237 e. The number of hydrogen-bond donors (Lipinski definition) is 1. The number of hydrogen-bond acceptors (Lipinski definition) is 3. The van der Waals surface area contributed by atoms with Gasteiger partial charge in [-0.1, -0.05) is 23.8 Å². The van der Waals surface area contributed by atoms with Crippen molar-refractivity contribution in [2.45, 2.75) is 46.8 Å². The van der Waals surface area contributed by atoms with Gasteiger partial charge in [0.05, 0.1) is 11.8 Å². The van der Waals surface area contributed by atoms with E-state index in [0.29, 0.717) is 5.88 Å². The third-order valence-electron chi connectivity index (χ3n) is 3.38. The van der Waals surface area contributed by atoms with Crippen molar-refractivity contribution in [2.24, 2.45) is 0 Å². The Hall–Kier alpha value is -2.03. The number of benzene rings is 1. The minimum absolute atomic E-state index is 0.108. The molecule has 21 heavy (non-hydrogen) atoms. The molecule has 0 fully saturated rings. The van der Waals surface area contributed by atoms with Crippen molar-refractivity contribution < 1.29 is 4.74 Å². The molecule has 0 aliphatic rings. The summed E-state index contributed by atoms with van der Waals surface area (Å²) >= 11 is 0. The molecule has 0 bridgehead atoms. The Labute approximate surface area is 127 Å². The van der Waals surface area contributed by atoms with Crippen LogP contribution >= 0.6 is 0 Å². The van der Waals surface area contributed by atoms with Crippen LogP contribution in [-0.4, -0.2) is 11.1 Å². The first-order valence-electron chi connectivity index (χ1n) is 7.42. The van der Waals surface area contributed by atoms with Gasteiger partial charge in [-0.2, -0.15) is 0 Å². The minimum atomic E-state index is 0.108. The summed E-state index contributed by atoms with van der Waals surface area (Å²) in [7, 11) is 0. The topological polar surface area (TPSA) is 34.2 Å². The summed E-state index contributed by atoms with van der Waals surface area (Å²) < 4.78 is 5.76. The summed E-state index contributed by atoms with van der Waals surface area (Å²) in [6.45, 7) is 10.4. The lowest BCUT2D eigenvalue weighted by molar-refractivity contribution is 0.234. The molecule has 0 aliphatic heterocycles. The van der Waals surface area contributed by atoms with Crippen LogP contribution in [0.25, 0.3) is 0 Å². The molecule has 0 spiro atoms. The highest BCUT2D eigenvalue weighted by molar-refractivity contribution is 5.54. The second-order valence-corrected chi connectivity index (χ2v) is 5.75. The first-order valence-corrected chi connectivity index (χ1v) is 7.42. The Morgan fingerprint density at radius 1 is 1.10 bits per heavy atom. The van der Waals surface area contributed by atoms with Crippen LogP contribution in [0.2, 0.25) is 0 Å². The molecule has 2 rings (SSSR count). The smallest absolute Gasteiger partial charge is 0.237 e. The molecule has 3 heteroatoms. The van der Waals surface area contributed by atoms with Crippen molar-refractivity contribution in [3.05, 3.63) is 53.2 Å². The zero-order chi connectivity index (χ0) is 15.4. The Balaban J connectivity index is 2.21. The summed E-state index contributed by atoms with van der Waals surface area (Å²) in [5.41, 5.74) is 4.80. The largest absolute Gasteiger partial charge is 0.473 e. The number of nitrogens with one attached hydrogen (secondary N) is 1. The normalized spacial score (nSPS) is 12.3. The van der Waals surface area contributed by atoms with Crippen LogP contribution in [0.4, 0.5) is 5.69 Å². The highest BCUT2D eigenvalue weighted by Gasteiger charge is 2.12. The number of nitrogens with zero attached hydrogens (tertiary/aromatic N) is 1. The van der Waals surface area contributed by atoms with E-state index in [-0.39, 0.29) is 12.1 Å². The molecule has 1 aromatic carbocycles. The van der Waals surface area contributed by atoms with Crippen LogP contribution in [0, 0.1) is 13.8 Å². The van der Waals surface area contributed by atoms with Crippen LogP contribution < -0.4 is 10.1 Å². The van der Waals surface area contributed by atoms with Gasteiger partial charge in [0.25, 0.3) is 0 Å². The van der Waals surface area contributed by atoms with Gasteiger partial charge in [0.1, 0.15) is 0 Å². The van der Waals surface area contributed by atoms with E-state index in [2.05, 4.69) is 49.3 Å². The van der Waals surface area contributed by atoms with Crippen molar-refractivity contribution in [3.8, 4) is 5.88 Å². The van der Waals surface area contributed by atoms with Gasteiger partial charge in [0.15, 0.2) is 0 Å². The van der Waals surface area contributed by atoms with Crippen molar-refractivity contribution in [1.82, 2.24) is 4.98 Å². The van der Waals surface area contributed by atoms with Gasteiger partial charge in [0, 0.05) is 12.2 Å². The molecule has 0 amide bonds. The molecule has 1 unspecified atom stereocenters. The van der Waals surface area contributed by atoms with Crippen molar-refractivity contribution >= 4 is 5.69 Å². The molecule has 2 aromatic rings. The predicted octanol–water partition coefficient (Wildman–Crippen LogP) is 4.66. The van der Waals surface area contributed by atoms with Crippen LogP contribution in [-0.2, 0) is 0 Å². The average Bonchev–Trinajstić information content (AvgIpc) is 2.40. The molecule has 3 nitrogen and oxygen atoms in total. The van der Waals surface area contributed by atoms with Crippen LogP contribution in [0.3, 0.4) is 0 Å². The molecule has 0 saturated heterocycles. The van der Waals surface area contributed by atoms with Gasteiger partial charge in [-0.3, -0.25) is 0 Å². The Morgan fingerprint density at radius 2 is 1.86 bits per heavy atom. The fourth-order valence-electron chi connectivity index (χ4n) is 2.44. The third kappa shape index (κ3) is 3.97. The van der Waals surface area contributed by atoms with E-state index in [0.717, 1.165) is 5.69 Å². The first kappa shape index (κ1) is 15.4. The lowest BCUT2D eigenvalue weighted by Crippen LogP contribution is -2.13. The number of anilines is 1. The van der Waals surface area contributed by atoms with Gasteiger partial charge < -0.3 is 10.1 Å². The van der Waals surface area contributed by atoms with E-state index in [1.165, 1.54) is 16.7 Å². The van der Waals surface area contributed by atoms with E-state index >= 15 is 0 Å². The van der Waals surface area contributed by atoms with E-state index < -0.39 is 0 Å². The van der Waals surface area contributed by atoms with Crippen LogP contribution in [0.15, 0.2) is 36.5 Å². The number of ether oxygens (including phenoxy) is 1. The second-order valence-electron chi connectivity index (χ2n) is 5.75. The highest BCUT2D eigenvalue weighted by atomic mass is 16.5. The summed E-state index contributed by atoms with van der Waals surface area (Å²) in [6, 6.07) is 10.7. The van der Waals surface area contributed by atoms with Crippen LogP contribution in [0.5, 0.6) is 5.88 Å². The summed E-state index contributed by atoms with van der Waals surface area (Å²) in [5, 5.41) is 3.50. The number of aromatic nitrogens is 1. The molecule has 112 valence electrons.